The molecule has 12 aromatic rings. The first-order valence-corrected chi connectivity index (χ1v) is 28.0. The first-order chi connectivity index (χ1) is 44.3. The highest BCUT2D eigenvalue weighted by atomic mass is 19.1. The molecule has 0 saturated carbocycles. The zero-order chi connectivity index (χ0) is 63.6. The number of aromatic nitrogens is 16. The maximum absolute atomic E-state index is 13.5. The van der Waals surface area contributed by atoms with E-state index in [1.165, 1.54) is 30.5 Å². The van der Waals surface area contributed by atoms with Crippen LogP contribution in [-0.4, -0.2) is 127 Å². The molecule has 464 valence electrons. The number of methoxy groups -OCH3 is 3. The molecule has 8 aromatic heterocycles. The molecule has 30 heteroatoms. The van der Waals surface area contributed by atoms with Crippen molar-refractivity contribution in [3.05, 3.63) is 193 Å². The van der Waals surface area contributed by atoms with Crippen LogP contribution < -0.4 is 63.3 Å². The van der Waals surface area contributed by atoms with Crippen molar-refractivity contribution >= 4 is 76.0 Å². The lowest BCUT2D eigenvalue weighted by molar-refractivity contribution is 0.122. The van der Waals surface area contributed by atoms with Crippen molar-refractivity contribution in [2.45, 2.75) is 13.8 Å². The number of para-hydroxylation sites is 3. The van der Waals surface area contributed by atoms with Crippen molar-refractivity contribution in [2.75, 3.05) is 96.7 Å². The Morgan fingerprint density at radius 2 is 0.868 bits per heavy atom. The molecule has 1 fully saturated rings. The second kappa shape index (κ2) is 29.3. The van der Waals surface area contributed by atoms with Crippen molar-refractivity contribution in [1.29, 1.82) is 0 Å². The van der Waals surface area contributed by atoms with Gasteiger partial charge in [-0.3, -0.25) is 0 Å². The molecule has 0 amide bonds. The third-order valence-electron chi connectivity index (χ3n) is 13.1. The first kappa shape index (κ1) is 61.6. The highest BCUT2D eigenvalue weighted by molar-refractivity contribution is 5.66. The van der Waals surface area contributed by atoms with Gasteiger partial charge in [-0.1, -0.05) is 48.5 Å². The molecule has 13 rings (SSSR count). The molecule has 0 bridgehead atoms. The summed E-state index contributed by atoms with van der Waals surface area (Å²) in [4.78, 5) is 36.2. The third kappa shape index (κ3) is 15.9. The molecule has 1 aliphatic rings. The van der Waals surface area contributed by atoms with Crippen LogP contribution in [0.3, 0.4) is 0 Å². The summed E-state index contributed by atoms with van der Waals surface area (Å²) in [5, 5.41) is 29.4. The summed E-state index contributed by atoms with van der Waals surface area (Å²) >= 11 is 0. The Balaban J connectivity index is 0.000000134. The number of nitrogen functional groups attached to an aromatic ring is 4. The smallest absolute Gasteiger partial charge is 0.249 e. The fourth-order valence-corrected chi connectivity index (χ4v) is 8.71. The monoisotopic (exact) mass is 1230 g/mol. The molecule has 0 aliphatic carbocycles. The number of anilines is 13. The zero-order valence-electron chi connectivity index (χ0n) is 50.0. The number of nitrogens with one attached hydrogen (secondary N) is 4. The Bertz CT molecular complexity index is 4310. The van der Waals surface area contributed by atoms with E-state index >= 15 is 0 Å². The largest absolute Gasteiger partial charge is 0.497 e. The van der Waals surface area contributed by atoms with Crippen LogP contribution >= 0.6 is 0 Å². The Morgan fingerprint density at radius 1 is 0.429 bits per heavy atom. The SMILES string of the molecule is COc1ccc(Nc2nc(N)n(-c3cccc(C)n3)n2)c(OC)c1.COc1ccccc1Nc1nc(N)n(-c2ccccn2)n1.Cc1cccc(-n2nc(Nc3ccc(N4CCOCC4)cc3)nc2N)n1.Nc1nc(Nc2ccccc2F)nn1-c1ccccn1. The Labute approximate surface area is 520 Å². The van der Waals surface area contributed by atoms with Crippen molar-refractivity contribution in [1.82, 2.24) is 79.0 Å². The van der Waals surface area contributed by atoms with Crippen LogP contribution in [0.25, 0.3) is 23.3 Å². The molecule has 29 nitrogen and oxygen atoms in total. The second-order valence-corrected chi connectivity index (χ2v) is 19.4. The Hall–Kier alpha value is -12.5. The predicted molar refractivity (Wildman–Crippen MR) is 345 cm³/mol. The van der Waals surface area contributed by atoms with Gasteiger partial charge in [0.15, 0.2) is 23.3 Å². The van der Waals surface area contributed by atoms with Crippen molar-refractivity contribution in [3.63, 3.8) is 0 Å². The lowest BCUT2D eigenvalue weighted by Gasteiger charge is -2.28. The van der Waals surface area contributed by atoms with Gasteiger partial charge in [0.1, 0.15) is 23.1 Å². The molecule has 9 heterocycles. The number of ether oxygens (including phenoxy) is 4. The van der Waals surface area contributed by atoms with E-state index in [0.717, 1.165) is 49.1 Å². The minimum atomic E-state index is -0.389. The number of hydrogen-bond acceptors (Lipinski definition) is 25. The van der Waals surface area contributed by atoms with E-state index in [9.17, 15) is 4.39 Å². The summed E-state index contributed by atoms with van der Waals surface area (Å²) in [6.45, 7) is 7.20. The van der Waals surface area contributed by atoms with Crippen LogP contribution in [0.15, 0.2) is 176 Å². The van der Waals surface area contributed by atoms with Gasteiger partial charge < -0.3 is 68.0 Å². The maximum atomic E-state index is 13.5. The van der Waals surface area contributed by atoms with Gasteiger partial charge >= 0.3 is 0 Å². The number of rotatable bonds is 16. The van der Waals surface area contributed by atoms with Crippen molar-refractivity contribution < 1.29 is 23.3 Å². The molecule has 0 radical (unpaired) electrons. The minimum absolute atomic E-state index is 0.169. The summed E-state index contributed by atoms with van der Waals surface area (Å²) in [5.74, 6) is 6.33. The van der Waals surface area contributed by atoms with Gasteiger partial charge in [-0.15, -0.1) is 20.4 Å². The van der Waals surface area contributed by atoms with Crippen molar-refractivity contribution in [3.8, 4) is 40.5 Å². The molecule has 12 N–H and O–H groups in total. The first-order valence-electron chi connectivity index (χ1n) is 28.0. The lowest BCUT2D eigenvalue weighted by atomic mass is 10.2. The van der Waals surface area contributed by atoms with E-state index in [0.29, 0.717) is 64.1 Å². The molecular weight excluding hydrogens is 1170 g/mol. The lowest BCUT2D eigenvalue weighted by Crippen LogP contribution is -2.36. The van der Waals surface area contributed by atoms with E-state index in [-0.39, 0.29) is 41.2 Å². The summed E-state index contributed by atoms with van der Waals surface area (Å²) in [5.41, 5.74) is 29.2. The number of halogens is 1. The number of morpholine rings is 1. The number of hydrogen-bond donors (Lipinski definition) is 8. The minimum Gasteiger partial charge on any atom is -0.497 e. The Morgan fingerprint density at radius 3 is 1.34 bits per heavy atom. The predicted octanol–water partition coefficient (Wildman–Crippen LogP) is 8.57. The Kier molecular flexibility index (Phi) is 19.8. The third-order valence-corrected chi connectivity index (χ3v) is 13.1. The van der Waals surface area contributed by atoms with Crippen LogP contribution in [0.5, 0.6) is 17.2 Å². The van der Waals surface area contributed by atoms with Gasteiger partial charge in [-0.25, -0.2) is 24.3 Å². The number of benzene rings is 4. The highest BCUT2D eigenvalue weighted by Crippen LogP contribution is 2.32. The second-order valence-electron chi connectivity index (χ2n) is 19.4. The maximum Gasteiger partial charge on any atom is 0.249 e. The van der Waals surface area contributed by atoms with Crippen LogP contribution in [0.2, 0.25) is 0 Å². The fraction of sp³-hybridized carbons (Fsp3) is 0.148. The van der Waals surface area contributed by atoms with Gasteiger partial charge in [0.25, 0.3) is 0 Å². The summed E-state index contributed by atoms with van der Waals surface area (Å²) in [7, 11) is 4.78. The van der Waals surface area contributed by atoms with Crippen LogP contribution in [-0.2, 0) is 4.74 Å². The van der Waals surface area contributed by atoms with Gasteiger partial charge in [-0.2, -0.15) is 38.7 Å². The van der Waals surface area contributed by atoms with E-state index in [2.05, 4.69) is 98.6 Å². The molecule has 91 heavy (non-hydrogen) atoms. The normalized spacial score (nSPS) is 11.6. The molecule has 1 saturated heterocycles. The quantitative estimate of drug-likeness (QED) is 0.0449. The molecule has 4 aromatic carbocycles. The fourth-order valence-electron chi connectivity index (χ4n) is 8.71. The average molecular weight is 1230 g/mol. The van der Waals surface area contributed by atoms with Gasteiger partial charge in [0.2, 0.25) is 47.6 Å². The molecular formula is C61H64FN25O4. The van der Waals surface area contributed by atoms with E-state index in [4.69, 9.17) is 41.9 Å². The zero-order valence-corrected chi connectivity index (χ0v) is 50.0. The molecule has 0 atom stereocenters. The number of nitrogens with two attached hydrogens (primary N) is 4. The summed E-state index contributed by atoms with van der Waals surface area (Å²) in [6, 6.07) is 49.4. The van der Waals surface area contributed by atoms with Gasteiger partial charge in [0, 0.05) is 54.3 Å². The molecule has 0 unspecified atom stereocenters. The number of aryl methyl sites for hydroxylation is 2. The van der Waals surface area contributed by atoms with E-state index in [1.54, 1.807) is 76.2 Å². The van der Waals surface area contributed by atoms with Crippen LogP contribution in [0, 0.1) is 19.7 Å². The highest BCUT2D eigenvalue weighted by Gasteiger charge is 2.17. The number of pyridine rings is 4. The summed E-state index contributed by atoms with van der Waals surface area (Å²) < 4.78 is 40.6. The summed E-state index contributed by atoms with van der Waals surface area (Å²) in [6.07, 6.45) is 3.30. The van der Waals surface area contributed by atoms with E-state index in [1.807, 2.05) is 117 Å². The molecule has 1 aliphatic heterocycles. The molecule has 0 spiro atoms. The number of nitrogens with zero attached hydrogens (tertiary/aromatic N) is 17. The average Bonchev–Trinajstić information content (AvgIpc) is 4.30. The van der Waals surface area contributed by atoms with Gasteiger partial charge in [0.05, 0.1) is 51.6 Å². The topological polar surface area (TPSA) is 367 Å². The standard InChI is InChI=1S/C18H21N7O.C16H18N6O2.C14H14N6O.C13H11FN6/c1-13-3-2-4-16(20-13)25-17(19)22-18(23-25)21-14-5-7-15(8-6-14)24-9-11-26-12-10-24;1-10-5-4-6-14(18-10)22-15(17)20-16(21-22)19-12-8-7-11(23-2)9-13(12)24-3;1-21-11-7-3-2-6-10(11)17-14-18-13(15)20(19-14)12-8-4-5-9-16-12;14-9-5-1-2-6-10(9)17-13-18-12(15)20(19-13)11-7-3-4-8-16-11/h2-8H,9-12H2,1H3,(H3,19,21,22,23);4-9H,1-3H3,(H3,17,19,20,21);2-9H,1H3,(H3,15,17,18,19);1-8H,(H3,15,17,18,19). The van der Waals surface area contributed by atoms with Crippen LogP contribution in [0.1, 0.15) is 11.4 Å². The van der Waals surface area contributed by atoms with E-state index < -0.39 is 0 Å². The van der Waals surface area contributed by atoms with Crippen molar-refractivity contribution in [2.24, 2.45) is 0 Å². The van der Waals surface area contributed by atoms with Gasteiger partial charge in [-0.05, 0) is 123 Å². The van der Waals surface area contributed by atoms with Crippen LogP contribution in [0.4, 0.5) is 80.4 Å².